The second-order valence-corrected chi connectivity index (χ2v) is 3.95. The second-order valence-electron chi connectivity index (χ2n) is 1.65. The first-order valence-corrected chi connectivity index (χ1v) is 10.4. The molecule has 0 saturated carbocycles. The first-order valence-electron chi connectivity index (χ1n) is 4.29. The van der Waals surface area contributed by atoms with Gasteiger partial charge in [-0.25, -0.2) is 0 Å². The summed E-state index contributed by atoms with van der Waals surface area (Å²) in [6.07, 6.45) is 0. The van der Waals surface area contributed by atoms with Gasteiger partial charge in [0.2, 0.25) is 0 Å². The number of hydrogen-bond donors (Lipinski definition) is 0. The minimum atomic E-state index is -4.12. The van der Waals surface area contributed by atoms with Crippen molar-refractivity contribution in [2.24, 2.45) is 0 Å². The zero-order valence-electron chi connectivity index (χ0n) is 13.2. The van der Waals surface area contributed by atoms with E-state index in [2.05, 4.69) is 11.8 Å². The molecule has 30 heavy (non-hydrogen) atoms. The van der Waals surface area contributed by atoms with Crippen molar-refractivity contribution in [1.82, 2.24) is 0 Å². The Kier molecular flexibility index (Phi) is 112. The van der Waals surface area contributed by atoms with E-state index in [4.69, 9.17) is 0 Å². The largest absolute Gasteiger partial charge is 0.456 e. The minimum absolute atomic E-state index is 0. The molecule has 2 radical (unpaired) electrons. The van der Waals surface area contributed by atoms with Crippen LogP contribution in [0.5, 0.6) is 0 Å². The molecule has 0 aliphatic rings. The van der Waals surface area contributed by atoms with Crippen LogP contribution in [0.25, 0.3) is 0 Å². The predicted octanol–water partition coefficient (Wildman–Crippen LogP) is 13.8. The molecule has 0 bridgehead atoms. The Bertz CT molecular complexity index is 208. The Morgan fingerprint density at radius 3 is 0.333 bits per heavy atom. The summed E-state index contributed by atoms with van der Waals surface area (Å²) in [6.45, 7) is 3.64. The van der Waals surface area contributed by atoms with Crippen molar-refractivity contribution in [2.45, 2.75) is 13.8 Å². The molecule has 0 rings (SSSR count). The van der Waals surface area contributed by atoms with Crippen LogP contribution in [-0.2, 0) is 39.0 Å². The van der Waals surface area contributed by atoms with E-state index in [1.54, 1.807) is 0 Å². The van der Waals surface area contributed by atoms with E-state index in [0.29, 0.717) is 0 Å². The Morgan fingerprint density at radius 2 is 0.333 bits per heavy atom. The molecule has 0 aliphatic carbocycles. The SMILES string of the molecule is CC#CC.FP(F)F.FP(F)F.FP(F)F.FP(F)F.FP(F)F.FP(F)F.[Rh].[Rh]. The summed E-state index contributed by atoms with van der Waals surface area (Å²) >= 11 is 0. The van der Waals surface area contributed by atoms with Crippen molar-refractivity contribution in [2.75, 3.05) is 0 Å². The molecule has 0 N–H and O–H groups in total. The van der Waals surface area contributed by atoms with Gasteiger partial charge < -0.3 is 0 Å². The number of hydrogen-bond acceptors (Lipinski definition) is 0. The van der Waals surface area contributed by atoms with Crippen molar-refractivity contribution in [1.29, 1.82) is 0 Å². The molecule has 0 aromatic heterocycles. The van der Waals surface area contributed by atoms with Gasteiger partial charge in [-0.3, -0.25) is 0 Å². The van der Waals surface area contributed by atoms with Gasteiger partial charge in [0.15, 0.2) is 0 Å². The Hall–Kier alpha value is 2.13. The fourth-order valence-electron chi connectivity index (χ4n) is 0. The van der Waals surface area contributed by atoms with E-state index >= 15 is 0 Å². The van der Waals surface area contributed by atoms with Gasteiger partial charge in [0, 0.05) is 39.0 Å². The normalized spacial score (nSPS) is 7.67. The molecule has 0 spiro atoms. The summed E-state index contributed by atoms with van der Waals surface area (Å²) in [7, 11) is -24.7. The molecule has 0 aromatic rings. The molecule has 26 heteroatoms. The molecule has 0 atom stereocenters. The van der Waals surface area contributed by atoms with Gasteiger partial charge in [-0.2, -0.15) is 75.5 Å². The van der Waals surface area contributed by atoms with Crippen LogP contribution in [-0.4, -0.2) is 0 Å². The molecule has 0 unspecified atom stereocenters. The number of rotatable bonds is 0. The summed E-state index contributed by atoms with van der Waals surface area (Å²) in [5.41, 5.74) is 0. The van der Waals surface area contributed by atoms with Crippen LogP contribution in [0.2, 0.25) is 0 Å². The molecular formula is C4H6F18P6Rh2. The van der Waals surface area contributed by atoms with Crippen molar-refractivity contribution in [3.05, 3.63) is 0 Å². The van der Waals surface area contributed by atoms with E-state index in [0.717, 1.165) is 0 Å². The summed E-state index contributed by atoms with van der Waals surface area (Å²) < 4.78 is 175. The zero-order valence-corrected chi connectivity index (χ0v) is 21.8. The van der Waals surface area contributed by atoms with Gasteiger partial charge in [-0.05, 0) is 13.8 Å². The van der Waals surface area contributed by atoms with Crippen LogP contribution in [0.4, 0.5) is 75.5 Å². The minimum Gasteiger partial charge on any atom is -0.152 e. The maximum absolute atomic E-state index is 9.73. The average Bonchev–Trinajstić information content (AvgIpc) is 2.34. The van der Waals surface area contributed by atoms with Crippen LogP contribution in [0.15, 0.2) is 0 Å². The van der Waals surface area contributed by atoms with Crippen molar-refractivity contribution in [3.8, 4) is 11.8 Å². The van der Waals surface area contributed by atoms with Crippen molar-refractivity contribution in [3.63, 3.8) is 0 Å². The predicted molar refractivity (Wildman–Crippen MR) is 80.6 cm³/mol. The first kappa shape index (κ1) is 58.2. The second kappa shape index (κ2) is 57.7. The quantitative estimate of drug-likeness (QED) is 0.0993. The third kappa shape index (κ3) is 2610. The third-order valence-electron chi connectivity index (χ3n) is 0.250. The van der Waals surface area contributed by atoms with Crippen LogP contribution in [0.3, 0.4) is 0 Å². The van der Waals surface area contributed by atoms with Gasteiger partial charge in [-0.15, -0.1) is 11.8 Å². The standard InChI is InChI=1S/C4H6.6F3P.2Rh/c1-3-4-2;6*1-4(2)3;;/h1-2H3;;;;;;;;. The molecule has 0 heterocycles. The Balaban J connectivity index is -0.0000000242. The molecule has 0 fully saturated rings. The molecule has 0 aromatic carbocycles. The maximum atomic E-state index is 9.73. The molecule has 196 valence electrons. The summed E-state index contributed by atoms with van der Waals surface area (Å²) in [5, 5.41) is 0. The zero-order chi connectivity index (χ0) is 24.9. The van der Waals surface area contributed by atoms with Crippen molar-refractivity contribution >= 4 is 53.1 Å². The van der Waals surface area contributed by atoms with E-state index in [1.807, 2.05) is 13.8 Å². The van der Waals surface area contributed by atoms with Crippen LogP contribution < -0.4 is 0 Å². The first-order chi connectivity index (χ1) is 12.3. The van der Waals surface area contributed by atoms with E-state index < -0.39 is 53.1 Å². The van der Waals surface area contributed by atoms with Crippen molar-refractivity contribution < 1.29 is 115 Å². The Morgan fingerprint density at radius 1 is 0.300 bits per heavy atom. The van der Waals surface area contributed by atoms with E-state index in [1.165, 1.54) is 0 Å². The topological polar surface area (TPSA) is 0 Å². The van der Waals surface area contributed by atoms with E-state index in [-0.39, 0.29) is 39.0 Å². The summed E-state index contributed by atoms with van der Waals surface area (Å²) in [6, 6.07) is 0. The van der Waals surface area contributed by atoms with Gasteiger partial charge in [0.25, 0.3) is 0 Å². The summed E-state index contributed by atoms with van der Waals surface area (Å²) in [5.74, 6) is 5.36. The molecule has 0 nitrogen and oxygen atoms in total. The van der Waals surface area contributed by atoms with Gasteiger partial charge in [0.1, 0.15) is 0 Å². The molecule has 0 saturated heterocycles. The van der Waals surface area contributed by atoms with Crippen LogP contribution in [0.1, 0.15) is 13.8 Å². The monoisotopic (exact) mass is 788 g/mol. The van der Waals surface area contributed by atoms with E-state index in [9.17, 15) is 75.5 Å². The van der Waals surface area contributed by atoms with Gasteiger partial charge in [0.05, 0.1) is 0 Å². The fraction of sp³-hybridized carbons (Fsp3) is 0.500. The third-order valence-corrected chi connectivity index (χ3v) is 0.250. The molecule has 0 aliphatic heterocycles. The van der Waals surface area contributed by atoms with Gasteiger partial charge >= 0.3 is 53.1 Å². The number of halogens is 18. The fourth-order valence-corrected chi connectivity index (χ4v) is 0. The summed E-state index contributed by atoms with van der Waals surface area (Å²) in [4.78, 5) is 0. The Labute approximate surface area is 193 Å². The average molecular weight is 788 g/mol. The van der Waals surface area contributed by atoms with Gasteiger partial charge in [-0.1, -0.05) is 0 Å². The van der Waals surface area contributed by atoms with Crippen LogP contribution in [0, 0.1) is 11.8 Å². The maximum Gasteiger partial charge on any atom is 0.456 e. The molecule has 0 amide bonds. The van der Waals surface area contributed by atoms with Crippen LogP contribution >= 0.6 is 53.1 Å². The smallest absolute Gasteiger partial charge is 0.152 e. The molecular weight excluding hydrogens is 782 g/mol.